The van der Waals surface area contributed by atoms with Crippen molar-refractivity contribution in [3.05, 3.63) is 35.4 Å². The SMILES string of the molecule is COC(=O)C(=[N+]=[N-])c1ccc(OCCN2CCN(C(=O)OC(C)(C)C)CC2)cc1. The van der Waals surface area contributed by atoms with Crippen LogP contribution in [0.25, 0.3) is 5.53 Å². The molecule has 1 aliphatic rings. The maximum absolute atomic E-state index is 12.1. The van der Waals surface area contributed by atoms with Crippen molar-refractivity contribution in [3.63, 3.8) is 0 Å². The van der Waals surface area contributed by atoms with Crippen LogP contribution in [-0.2, 0) is 14.3 Å². The number of carbonyl (C=O) groups is 2. The van der Waals surface area contributed by atoms with Crippen molar-refractivity contribution < 1.29 is 28.6 Å². The number of hydrogen-bond acceptors (Lipinski definition) is 6. The summed E-state index contributed by atoms with van der Waals surface area (Å²) in [6.45, 7) is 9.57. The van der Waals surface area contributed by atoms with Gasteiger partial charge in [0.05, 0.1) is 12.7 Å². The maximum Gasteiger partial charge on any atom is 0.422 e. The second-order valence-electron chi connectivity index (χ2n) is 7.62. The van der Waals surface area contributed by atoms with Gasteiger partial charge in [0, 0.05) is 32.7 Å². The predicted molar refractivity (Wildman–Crippen MR) is 106 cm³/mol. The average Bonchev–Trinajstić information content (AvgIpc) is 2.68. The van der Waals surface area contributed by atoms with Crippen molar-refractivity contribution in [1.29, 1.82) is 0 Å². The Bertz CT molecular complexity index is 758. The molecule has 29 heavy (non-hydrogen) atoms. The summed E-state index contributed by atoms with van der Waals surface area (Å²) < 4.78 is 15.7. The average molecular weight is 404 g/mol. The van der Waals surface area contributed by atoms with Crippen LogP contribution in [0.1, 0.15) is 26.3 Å². The second kappa shape index (κ2) is 10.0. The van der Waals surface area contributed by atoms with Gasteiger partial charge in [-0.15, -0.1) is 0 Å². The van der Waals surface area contributed by atoms with Crippen molar-refractivity contribution in [1.82, 2.24) is 9.80 Å². The van der Waals surface area contributed by atoms with Gasteiger partial charge in [0.25, 0.3) is 0 Å². The lowest BCUT2D eigenvalue weighted by Crippen LogP contribution is -2.50. The van der Waals surface area contributed by atoms with Gasteiger partial charge in [-0.05, 0) is 45.0 Å². The fourth-order valence-electron chi connectivity index (χ4n) is 2.80. The molecule has 1 aliphatic heterocycles. The number of nitrogens with zero attached hydrogens (tertiary/aromatic N) is 4. The smallest absolute Gasteiger partial charge is 0.422 e. The zero-order valence-corrected chi connectivity index (χ0v) is 17.4. The van der Waals surface area contributed by atoms with Gasteiger partial charge in [-0.1, -0.05) is 0 Å². The summed E-state index contributed by atoms with van der Waals surface area (Å²) in [5, 5.41) is 0. The van der Waals surface area contributed by atoms with Crippen LogP contribution in [-0.4, -0.2) is 84.4 Å². The van der Waals surface area contributed by atoms with E-state index in [2.05, 4.69) is 14.4 Å². The molecule has 9 heteroatoms. The van der Waals surface area contributed by atoms with E-state index in [4.69, 9.17) is 15.0 Å². The molecule has 1 aromatic carbocycles. The van der Waals surface area contributed by atoms with E-state index in [1.54, 1.807) is 29.2 Å². The lowest BCUT2D eigenvalue weighted by Gasteiger charge is -2.35. The topological polar surface area (TPSA) is 105 Å². The first-order chi connectivity index (χ1) is 13.7. The van der Waals surface area contributed by atoms with E-state index in [1.807, 2.05) is 20.8 Å². The predicted octanol–water partition coefficient (Wildman–Crippen LogP) is 1.81. The van der Waals surface area contributed by atoms with Gasteiger partial charge < -0.3 is 24.6 Å². The molecule has 0 spiro atoms. The summed E-state index contributed by atoms with van der Waals surface area (Å²) in [6, 6.07) is 6.65. The number of carbonyl (C=O) groups excluding carboxylic acids is 2. The molecule has 1 amide bonds. The lowest BCUT2D eigenvalue weighted by atomic mass is 10.1. The number of esters is 1. The van der Waals surface area contributed by atoms with Gasteiger partial charge in [-0.2, -0.15) is 4.79 Å². The van der Waals surface area contributed by atoms with Crippen LogP contribution in [0.5, 0.6) is 5.75 Å². The zero-order chi connectivity index (χ0) is 21.4. The third kappa shape index (κ3) is 6.89. The van der Waals surface area contributed by atoms with Crippen LogP contribution in [0.3, 0.4) is 0 Å². The van der Waals surface area contributed by atoms with E-state index >= 15 is 0 Å². The minimum Gasteiger partial charge on any atom is -0.492 e. The highest BCUT2D eigenvalue weighted by molar-refractivity contribution is 6.40. The molecule has 0 radical (unpaired) electrons. The highest BCUT2D eigenvalue weighted by atomic mass is 16.6. The summed E-state index contributed by atoms with van der Waals surface area (Å²) in [6.07, 6.45) is -0.272. The number of rotatable bonds is 6. The highest BCUT2D eigenvalue weighted by Crippen LogP contribution is 2.14. The highest BCUT2D eigenvalue weighted by Gasteiger charge is 2.26. The quantitative estimate of drug-likeness (QED) is 0.310. The Morgan fingerprint density at radius 3 is 2.24 bits per heavy atom. The van der Waals surface area contributed by atoms with Crippen molar-refractivity contribution in [3.8, 4) is 5.75 Å². The molecule has 0 saturated carbocycles. The van der Waals surface area contributed by atoms with E-state index in [0.717, 1.165) is 19.6 Å². The molecule has 1 saturated heterocycles. The first-order valence-electron chi connectivity index (χ1n) is 9.47. The maximum atomic E-state index is 12.1. The summed E-state index contributed by atoms with van der Waals surface area (Å²) in [7, 11) is 1.22. The Morgan fingerprint density at radius 1 is 1.10 bits per heavy atom. The lowest BCUT2D eigenvalue weighted by molar-refractivity contribution is -0.137. The Morgan fingerprint density at radius 2 is 1.72 bits per heavy atom. The van der Waals surface area contributed by atoms with E-state index < -0.39 is 11.6 Å². The first kappa shape index (κ1) is 22.4. The number of hydrogen-bond donors (Lipinski definition) is 0. The van der Waals surface area contributed by atoms with Crippen LogP contribution in [0.4, 0.5) is 4.79 Å². The number of ether oxygens (including phenoxy) is 3. The largest absolute Gasteiger partial charge is 0.492 e. The number of amides is 1. The summed E-state index contributed by atoms with van der Waals surface area (Å²) in [5.41, 5.74) is 8.74. The molecule has 0 bridgehead atoms. The zero-order valence-electron chi connectivity index (χ0n) is 17.4. The van der Waals surface area contributed by atoms with Gasteiger partial charge in [0.1, 0.15) is 18.0 Å². The molecule has 0 unspecified atom stereocenters. The Hall–Kier alpha value is -2.90. The van der Waals surface area contributed by atoms with Crippen molar-refractivity contribution in [2.75, 3.05) is 46.4 Å². The van der Waals surface area contributed by atoms with Gasteiger partial charge in [-0.3, -0.25) is 4.90 Å². The molecule has 9 nitrogen and oxygen atoms in total. The van der Waals surface area contributed by atoms with E-state index in [1.165, 1.54) is 7.11 Å². The Labute approximate surface area is 170 Å². The van der Waals surface area contributed by atoms with E-state index in [9.17, 15) is 9.59 Å². The van der Waals surface area contributed by atoms with Crippen LogP contribution in [0.15, 0.2) is 24.3 Å². The third-order valence-corrected chi connectivity index (χ3v) is 4.31. The van der Waals surface area contributed by atoms with Gasteiger partial charge >= 0.3 is 17.8 Å². The standard InChI is InChI=1S/C20H28N4O5/c1-20(2,3)29-19(26)24-11-9-23(10-12-24)13-14-28-16-7-5-15(6-8-16)17(22-21)18(25)27-4/h5-8H,9-14H2,1-4H3. The van der Waals surface area contributed by atoms with Crippen molar-refractivity contribution in [2.45, 2.75) is 26.4 Å². The Kier molecular flexibility index (Phi) is 7.75. The Balaban J connectivity index is 1.75. The minimum atomic E-state index is -0.716. The fraction of sp³-hybridized carbons (Fsp3) is 0.550. The number of benzene rings is 1. The second-order valence-corrected chi connectivity index (χ2v) is 7.62. The molecular weight excluding hydrogens is 376 g/mol. The van der Waals surface area contributed by atoms with E-state index in [-0.39, 0.29) is 11.8 Å². The van der Waals surface area contributed by atoms with E-state index in [0.29, 0.717) is 31.0 Å². The van der Waals surface area contributed by atoms with Gasteiger partial charge in [0.15, 0.2) is 0 Å². The number of piperazine rings is 1. The molecule has 2 rings (SSSR count). The monoisotopic (exact) mass is 404 g/mol. The molecular formula is C20H28N4O5. The summed E-state index contributed by atoms with van der Waals surface area (Å²) >= 11 is 0. The molecule has 0 atom stereocenters. The number of methoxy groups -OCH3 is 1. The molecule has 1 aromatic rings. The molecule has 0 N–H and O–H groups in total. The van der Waals surface area contributed by atoms with Crippen LogP contribution < -0.4 is 4.74 Å². The normalized spacial score (nSPS) is 14.7. The van der Waals surface area contributed by atoms with Crippen LogP contribution in [0.2, 0.25) is 0 Å². The molecule has 1 heterocycles. The molecule has 0 aliphatic carbocycles. The van der Waals surface area contributed by atoms with Gasteiger partial charge in [0.2, 0.25) is 0 Å². The third-order valence-electron chi connectivity index (χ3n) is 4.31. The fourth-order valence-corrected chi connectivity index (χ4v) is 2.80. The van der Waals surface area contributed by atoms with Crippen molar-refractivity contribution in [2.24, 2.45) is 0 Å². The molecule has 1 fully saturated rings. The summed E-state index contributed by atoms with van der Waals surface area (Å²) in [4.78, 5) is 30.5. The minimum absolute atomic E-state index is 0.165. The molecule has 158 valence electrons. The first-order valence-corrected chi connectivity index (χ1v) is 9.47. The van der Waals surface area contributed by atoms with Crippen molar-refractivity contribution >= 4 is 17.8 Å². The van der Waals surface area contributed by atoms with Crippen LogP contribution >= 0.6 is 0 Å². The summed E-state index contributed by atoms with van der Waals surface area (Å²) in [5.74, 6) is -0.0741. The molecule has 0 aromatic heterocycles. The van der Waals surface area contributed by atoms with Gasteiger partial charge in [-0.25, -0.2) is 9.59 Å². The van der Waals surface area contributed by atoms with Crippen LogP contribution in [0, 0.1) is 0 Å².